The predicted molar refractivity (Wildman–Crippen MR) is 122 cm³/mol. The summed E-state index contributed by atoms with van der Waals surface area (Å²) >= 11 is 0. The molecule has 1 atom stereocenters. The minimum atomic E-state index is -0.0393. The number of nitrogens with zero attached hydrogens (tertiary/aromatic N) is 4. The number of aryl methyl sites for hydroxylation is 1. The van der Waals surface area contributed by atoms with Crippen molar-refractivity contribution >= 4 is 35.8 Å². The van der Waals surface area contributed by atoms with Crippen LogP contribution in [0.4, 0.5) is 0 Å². The third-order valence-electron chi connectivity index (χ3n) is 4.87. The number of carbonyl (C=O) groups excluding carboxylic acids is 1. The standard InChI is InChI=1S/C20H28N6O.HI/c1-4-22-19(27)16-7-5-6-15(10-16)11-23-20(21-2)26-9-8-17(14-26)18-12-24-25(3)13-18;/h5-7,10,12-13,17H,4,8-9,11,14H2,1-3H3,(H,21,23)(H,22,27);1H. The van der Waals surface area contributed by atoms with Gasteiger partial charge in [0, 0.05) is 58.0 Å². The molecule has 2 N–H and O–H groups in total. The Morgan fingerprint density at radius 2 is 2.18 bits per heavy atom. The van der Waals surface area contributed by atoms with Gasteiger partial charge < -0.3 is 15.5 Å². The lowest BCUT2D eigenvalue weighted by molar-refractivity contribution is 0.0955. The summed E-state index contributed by atoms with van der Waals surface area (Å²) in [5.74, 6) is 1.34. The van der Waals surface area contributed by atoms with E-state index in [1.54, 1.807) is 0 Å². The topological polar surface area (TPSA) is 74.6 Å². The van der Waals surface area contributed by atoms with Crippen molar-refractivity contribution < 1.29 is 4.79 Å². The maximum Gasteiger partial charge on any atom is 0.251 e. The molecule has 0 saturated carbocycles. The van der Waals surface area contributed by atoms with Gasteiger partial charge in [0.15, 0.2) is 5.96 Å². The van der Waals surface area contributed by atoms with Gasteiger partial charge in [-0.3, -0.25) is 14.5 Å². The number of benzene rings is 1. The van der Waals surface area contributed by atoms with Gasteiger partial charge in [-0.1, -0.05) is 12.1 Å². The molecule has 1 aromatic heterocycles. The molecule has 8 heteroatoms. The number of hydrogen-bond acceptors (Lipinski definition) is 3. The molecule has 0 radical (unpaired) electrons. The molecule has 1 aliphatic heterocycles. The molecule has 152 valence electrons. The van der Waals surface area contributed by atoms with Gasteiger partial charge in [0.05, 0.1) is 6.20 Å². The molecular formula is C20H29IN6O. The summed E-state index contributed by atoms with van der Waals surface area (Å²) in [6.07, 6.45) is 5.15. The van der Waals surface area contributed by atoms with Gasteiger partial charge in [-0.2, -0.15) is 5.10 Å². The second-order valence-corrected chi connectivity index (χ2v) is 6.84. The average Bonchev–Trinajstić information content (AvgIpc) is 3.32. The minimum Gasteiger partial charge on any atom is -0.352 e. The highest BCUT2D eigenvalue weighted by molar-refractivity contribution is 14.0. The highest BCUT2D eigenvalue weighted by Crippen LogP contribution is 2.26. The Morgan fingerprint density at radius 1 is 1.36 bits per heavy atom. The molecule has 2 aromatic rings. The Labute approximate surface area is 183 Å². The van der Waals surface area contributed by atoms with Crippen molar-refractivity contribution in [2.24, 2.45) is 12.0 Å². The van der Waals surface area contributed by atoms with Crippen LogP contribution in [-0.4, -0.2) is 53.2 Å². The summed E-state index contributed by atoms with van der Waals surface area (Å²) in [7, 11) is 3.76. The zero-order chi connectivity index (χ0) is 19.2. The Bertz CT molecular complexity index is 819. The summed E-state index contributed by atoms with van der Waals surface area (Å²) in [4.78, 5) is 18.7. The smallest absolute Gasteiger partial charge is 0.251 e. The van der Waals surface area contributed by atoms with Crippen molar-refractivity contribution in [3.63, 3.8) is 0 Å². The van der Waals surface area contributed by atoms with E-state index in [0.29, 0.717) is 24.6 Å². The highest BCUT2D eigenvalue weighted by Gasteiger charge is 2.26. The number of likely N-dealkylation sites (tertiary alicyclic amines) is 1. The highest BCUT2D eigenvalue weighted by atomic mass is 127. The van der Waals surface area contributed by atoms with Gasteiger partial charge >= 0.3 is 0 Å². The lowest BCUT2D eigenvalue weighted by Gasteiger charge is -2.21. The van der Waals surface area contributed by atoms with Crippen molar-refractivity contribution in [3.05, 3.63) is 53.3 Å². The molecule has 1 amide bonds. The van der Waals surface area contributed by atoms with Crippen LogP contribution in [0.5, 0.6) is 0 Å². The van der Waals surface area contributed by atoms with E-state index in [9.17, 15) is 4.79 Å². The molecule has 1 fully saturated rings. The van der Waals surface area contributed by atoms with Gasteiger partial charge in [-0.25, -0.2) is 0 Å². The molecule has 7 nitrogen and oxygen atoms in total. The summed E-state index contributed by atoms with van der Waals surface area (Å²) in [6, 6.07) is 7.69. The molecule has 1 aliphatic rings. The summed E-state index contributed by atoms with van der Waals surface area (Å²) < 4.78 is 1.85. The molecule has 28 heavy (non-hydrogen) atoms. The maximum atomic E-state index is 12.0. The fraction of sp³-hybridized carbons (Fsp3) is 0.450. The van der Waals surface area contributed by atoms with Crippen LogP contribution in [-0.2, 0) is 13.6 Å². The number of carbonyl (C=O) groups is 1. The van der Waals surface area contributed by atoms with E-state index in [0.717, 1.165) is 31.0 Å². The number of guanidine groups is 1. The molecule has 0 aliphatic carbocycles. The zero-order valence-electron chi connectivity index (χ0n) is 16.7. The second-order valence-electron chi connectivity index (χ2n) is 6.84. The first-order valence-corrected chi connectivity index (χ1v) is 9.42. The lowest BCUT2D eigenvalue weighted by atomic mass is 10.0. The number of rotatable bonds is 5. The molecule has 0 spiro atoms. The monoisotopic (exact) mass is 496 g/mol. The molecule has 1 aromatic carbocycles. The van der Waals surface area contributed by atoms with Gasteiger partial charge in [0.2, 0.25) is 0 Å². The first-order chi connectivity index (χ1) is 13.1. The quantitative estimate of drug-likeness (QED) is 0.379. The van der Waals surface area contributed by atoms with Crippen molar-refractivity contribution in [1.82, 2.24) is 25.3 Å². The van der Waals surface area contributed by atoms with Crippen LogP contribution < -0.4 is 10.6 Å². The Balaban J connectivity index is 0.00000280. The van der Waals surface area contributed by atoms with Gasteiger partial charge in [0.25, 0.3) is 5.91 Å². The molecule has 3 rings (SSSR count). The fourth-order valence-electron chi connectivity index (χ4n) is 3.47. The molecule has 1 saturated heterocycles. The zero-order valence-corrected chi connectivity index (χ0v) is 19.0. The van der Waals surface area contributed by atoms with Crippen molar-refractivity contribution in [2.45, 2.75) is 25.8 Å². The number of amides is 1. The van der Waals surface area contributed by atoms with E-state index in [-0.39, 0.29) is 29.9 Å². The van der Waals surface area contributed by atoms with E-state index in [4.69, 9.17) is 0 Å². The van der Waals surface area contributed by atoms with Crippen LogP contribution in [0.3, 0.4) is 0 Å². The largest absolute Gasteiger partial charge is 0.352 e. The third kappa shape index (κ3) is 5.46. The van der Waals surface area contributed by atoms with Crippen LogP contribution in [0.15, 0.2) is 41.7 Å². The van der Waals surface area contributed by atoms with Crippen LogP contribution in [0, 0.1) is 0 Å². The number of aliphatic imine (C=N–C) groups is 1. The van der Waals surface area contributed by atoms with Crippen LogP contribution in [0.2, 0.25) is 0 Å². The second kappa shape index (κ2) is 10.4. The van der Waals surface area contributed by atoms with Gasteiger partial charge in [-0.05, 0) is 36.6 Å². The third-order valence-corrected chi connectivity index (χ3v) is 4.87. The minimum absolute atomic E-state index is 0. The van der Waals surface area contributed by atoms with E-state index in [2.05, 4.69) is 31.8 Å². The van der Waals surface area contributed by atoms with Crippen LogP contribution in [0.1, 0.15) is 40.7 Å². The van der Waals surface area contributed by atoms with Crippen molar-refractivity contribution in [3.8, 4) is 0 Å². The van der Waals surface area contributed by atoms with Gasteiger partial charge in [-0.15, -0.1) is 24.0 Å². The van der Waals surface area contributed by atoms with Crippen molar-refractivity contribution in [2.75, 3.05) is 26.7 Å². The van der Waals surface area contributed by atoms with Gasteiger partial charge in [0.1, 0.15) is 0 Å². The fourth-order valence-corrected chi connectivity index (χ4v) is 3.47. The number of halogens is 1. The predicted octanol–water partition coefficient (Wildman–Crippen LogP) is 2.35. The van der Waals surface area contributed by atoms with E-state index < -0.39 is 0 Å². The summed E-state index contributed by atoms with van der Waals surface area (Å²) in [5, 5.41) is 10.5. The Kier molecular flexibility index (Phi) is 8.28. The first kappa shape index (κ1) is 22.2. The summed E-state index contributed by atoms with van der Waals surface area (Å²) in [6.45, 7) is 5.08. The number of aromatic nitrogens is 2. The first-order valence-electron chi connectivity index (χ1n) is 9.42. The van der Waals surface area contributed by atoms with Crippen LogP contribution >= 0.6 is 24.0 Å². The molecule has 2 heterocycles. The summed E-state index contributed by atoms with van der Waals surface area (Å²) in [5.41, 5.74) is 3.02. The Morgan fingerprint density at radius 3 is 2.86 bits per heavy atom. The maximum absolute atomic E-state index is 12.0. The normalized spacial score (nSPS) is 16.6. The SMILES string of the molecule is CCNC(=O)c1cccc(CNC(=NC)N2CCC(c3cnn(C)c3)C2)c1.I. The molecule has 1 unspecified atom stereocenters. The lowest BCUT2D eigenvalue weighted by Crippen LogP contribution is -2.39. The van der Waals surface area contributed by atoms with Crippen molar-refractivity contribution in [1.29, 1.82) is 0 Å². The van der Waals surface area contributed by atoms with E-state index >= 15 is 0 Å². The van der Waals surface area contributed by atoms with Crippen LogP contribution in [0.25, 0.3) is 0 Å². The average molecular weight is 496 g/mol. The van der Waals surface area contributed by atoms with E-state index in [1.165, 1.54) is 5.56 Å². The molecular weight excluding hydrogens is 467 g/mol. The van der Waals surface area contributed by atoms with E-state index in [1.807, 2.05) is 56.2 Å². The number of nitrogens with one attached hydrogen (secondary N) is 2. The number of hydrogen-bond donors (Lipinski definition) is 2. The molecule has 0 bridgehead atoms. The Hall–Kier alpha value is -2.10.